The van der Waals surface area contributed by atoms with Gasteiger partial charge in [-0.2, -0.15) is 0 Å². The fourth-order valence-corrected chi connectivity index (χ4v) is 3.67. The standard InChI is InChI=1S/C22H28N2O3/c1-17(2)27-21-16-24(22(25)26)15-20(21)23(13-18-9-5-3-6-10-18)14-19-11-7-4-8-12-19/h3-12,17,20-21H,13-16H2,1-2H3,(H,25,26). The molecule has 3 rings (SSSR count). The summed E-state index contributed by atoms with van der Waals surface area (Å²) in [6, 6.07) is 20.6. The van der Waals surface area contributed by atoms with Crippen LogP contribution in [0.2, 0.25) is 0 Å². The lowest BCUT2D eigenvalue weighted by molar-refractivity contribution is -0.0278. The Hall–Kier alpha value is -2.37. The minimum atomic E-state index is -0.880. The molecule has 0 saturated carbocycles. The molecule has 2 atom stereocenters. The fraction of sp³-hybridized carbons (Fsp3) is 0.409. The Bertz CT molecular complexity index is 679. The summed E-state index contributed by atoms with van der Waals surface area (Å²) in [6.45, 7) is 6.39. The third-order valence-corrected chi connectivity index (χ3v) is 4.88. The summed E-state index contributed by atoms with van der Waals surface area (Å²) >= 11 is 0. The highest BCUT2D eigenvalue weighted by Gasteiger charge is 2.40. The van der Waals surface area contributed by atoms with Crippen LogP contribution in [-0.2, 0) is 17.8 Å². The van der Waals surface area contributed by atoms with Gasteiger partial charge in [0.25, 0.3) is 0 Å². The third-order valence-electron chi connectivity index (χ3n) is 4.88. The molecule has 5 heteroatoms. The maximum absolute atomic E-state index is 11.6. The van der Waals surface area contributed by atoms with Crippen LogP contribution in [0.3, 0.4) is 0 Å². The molecule has 1 amide bonds. The Morgan fingerprint density at radius 1 is 1.04 bits per heavy atom. The highest BCUT2D eigenvalue weighted by molar-refractivity contribution is 5.65. The van der Waals surface area contributed by atoms with Gasteiger partial charge in [-0.25, -0.2) is 4.79 Å². The Labute approximate surface area is 161 Å². The van der Waals surface area contributed by atoms with Crippen LogP contribution in [0.4, 0.5) is 4.79 Å². The van der Waals surface area contributed by atoms with E-state index in [1.165, 1.54) is 16.0 Å². The summed E-state index contributed by atoms with van der Waals surface area (Å²) in [5, 5.41) is 9.50. The van der Waals surface area contributed by atoms with Gasteiger partial charge in [0.05, 0.1) is 24.8 Å². The van der Waals surface area contributed by atoms with Crippen molar-refractivity contribution in [3.63, 3.8) is 0 Å². The van der Waals surface area contributed by atoms with E-state index in [0.29, 0.717) is 13.1 Å². The quantitative estimate of drug-likeness (QED) is 0.807. The van der Waals surface area contributed by atoms with Crippen molar-refractivity contribution >= 4 is 6.09 Å². The first-order valence-corrected chi connectivity index (χ1v) is 9.48. The van der Waals surface area contributed by atoms with Crippen molar-refractivity contribution in [3.8, 4) is 0 Å². The fourth-order valence-electron chi connectivity index (χ4n) is 3.67. The van der Waals surface area contributed by atoms with Crippen molar-refractivity contribution in [1.29, 1.82) is 0 Å². The number of rotatable bonds is 7. The van der Waals surface area contributed by atoms with Gasteiger partial charge in [-0.3, -0.25) is 4.90 Å². The molecule has 27 heavy (non-hydrogen) atoms. The Balaban J connectivity index is 1.85. The average molecular weight is 368 g/mol. The van der Waals surface area contributed by atoms with Crippen molar-refractivity contribution in [3.05, 3.63) is 71.8 Å². The smallest absolute Gasteiger partial charge is 0.407 e. The SMILES string of the molecule is CC(C)OC1CN(C(=O)O)CC1N(Cc1ccccc1)Cc1ccccc1. The average Bonchev–Trinajstić information content (AvgIpc) is 3.06. The highest BCUT2D eigenvalue weighted by atomic mass is 16.5. The van der Waals surface area contributed by atoms with Gasteiger partial charge in [-0.1, -0.05) is 60.7 Å². The molecule has 1 heterocycles. The summed E-state index contributed by atoms with van der Waals surface area (Å²) < 4.78 is 6.11. The minimum Gasteiger partial charge on any atom is -0.465 e. The van der Waals surface area contributed by atoms with Crippen LogP contribution in [0, 0.1) is 0 Å². The van der Waals surface area contributed by atoms with E-state index in [-0.39, 0.29) is 18.2 Å². The Morgan fingerprint density at radius 3 is 2.00 bits per heavy atom. The highest BCUT2D eigenvalue weighted by Crippen LogP contribution is 2.24. The van der Waals surface area contributed by atoms with E-state index in [9.17, 15) is 9.90 Å². The molecule has 1 saturated heterocycles. The molecule has 2 aromatic carbocycles. The molecule has 5 nitrogen and oxygen atoms in total. The largest absolute Gasteiger partial charge is 0.465 e. The number of hydrogen-bond acceptors (Lipinski definition) is 3. The number of nitrogens with zero attached hydrogens (tertiary/aromatic N) is 2. The molecule has 2 unspecified atom stereocenters. The molecule has 144 valence electrons. The van der Waals surface area contributed by atoms with Gasteiger partial charge in [-0.15, -0.1) is 0 Å². The number of benzene rings is 2. The monoisotopic (exact) mass is 368 g/mol. The van der Waals surface area contributed by atoms with Crippen LogP contribution >= 0.6 is 0 Å². The second-order valence-corrected chi connectivity index (χ2v) is 7.35. The molecule has 0 aliphatic carbocycles. The van der Waals surface area contributed by atoms with Crippen molar-refractivity contribution in [2.45, 2.75) is 45.2 Å². The lowest BCUT2D eigenvalue weighted by Crippen LogP contribution is -2.44. The molecule has 0 radical (unpaired) electrons. The van der Waals surface area contributed by atoms with Gasteiger partial charge >= 0.3 is 6.09 Å². The predicted octanol–water partition coefficient (Wildman–Crippen LogP) is 3.84. The van der Waals surface area contributed by atoms with Crippen LogP contribution in [0.5, 0.6) is 0 Å². The summed E-state index contributed by atoms with van der Waals surface area (Å²) in [7, 11) is 0. The molecule has 2 aromatic rings. The molecule has 1 N–H and O–H groups in total. The van der Waals surface area contributed by atoms with Gasteiger partial charge in [-0.05, 0) is 25.0 Å². The number of likely N-dealkylation sites (tertiary alicyclic amines) is 1. The number of hydrogen-bond donors (Lipinski definition) is 1. The molecule has 0 spiro atoms. The number of amides is 1. The van der Waals surface area contributed by atoms with Crippen molar-refractivity contribution in [2.24, 2.45) is 0 Å². The summed E-state index contributed by atoms with van der Waals surface area (Å²) in [5.74, 6) is 0. The van der Waals surface area contributed by atoms with Gasteiger partial charge in [0.2, 0.25) is 0 Å². The van der Waals surface area contributed by atoms with Crippen LogP contribution in [0.15, 0.2) is 60.7 Å². The lowest BCUT2D eigenvalue weighted by atomic mass is 10.1. The Morgan fingerprint density at radius 2 is 1.56 bits per heavy atom. The summed E-state index contributed by atoms with van der Waals surface area (Å²) in [6.07, 6.45) is -0.954. The molecule has 0 bridgehead atoms. The van der Waals surface area contributed by atoms with Crippen molar-refractivity contribution in [2.75, 3.05) is 13.1 Å². The van der Waals surface area contributed by atoms with Crippen LogP contribution in [0.1, 0.15) is 25.0 Å². The van der Waals surface area contributed by atoms with E-state index in [4.69, 9.17) is 4.74 Å². The predicted molar refractivity (Wildman–Crippen MR) is 106 cm³/mol. The maximum Gasteiger partial charge on any atom is 0.407 e. The van der Waals surface area contributed by atoms with Crippen LogP contribution < -0.4 is 0 Å². The summed E-state index contributed by atoms with van der Waals surface area (Å²) in [5.41, 5.74) is 2.43. The van der Waals surface area contributed by atoms with Gasteiger partial charge < -0.3 is 14.7 Å². The topological polar surface area (TPSA) is 53.0 Å². The van der Waals surface area contributed by atoms with Crippen LogP contribution in [0.25, 0.3) is 0 Å². The van der Waals surface area contributed by atoms with E-state index in [1.807, 2.05) is 50.2 Å². The minimum absolute atomic E-state index is 0.0175. The van der Waals surface area contributed by atoms with Gasteiger partial charge in [0.15, 0.2) is 0 Å². The van der Waals surface area contributed by atoms with E-state index < -0.39 is 6.09 Å². The maximum atomic E-state index is 11.6. The van der Waals surface area contributed by atoms with Crippen LogP contribution in [-0.4, -0.2) is 52.3 Å². The molecule has 1 aliphatic heterocycles. The first kappa shape index (κ1) is 19.4. The zero-order valence-electron chi connectivity index (χ0n) is 16.0. The van der Waals surface area contributed by atoms with E-state index >= 15 is 0 Å². The lowest BCUT2D eigenvalue weighted by Gasteiger charge is -2.33. The first-order valence-electron chi connectivity index (χ1n) is 9.48. The number of carboxylic acid groups (broad SMARTS) is 1. The Kier molecular flexibility index (Phi) is 6.48. The molecular weight excluding hydrogens is 340 g/mol. The second-order valence-electron chi connectivity index (χ2n) is 7.35. The van der Waals surface area contributed by atoms with Gasteiger partial charge in [0, 0.05) is 19.6 Å². The van der Waals surface area contributed by atoms with Gasteiger partial charge in [0.1, 0.15) is 0 Å². The first-order chi connectivity index (χ1) is 13.0. The van der Waals surface area contributed by atoms with Crippen molar-refractivity contribution < 1.29 is 14.6 Å². The van der Waals surface area contributed by atoms with E-state index in [0.717, 1.165) is 13.1 Å². The molecule has 1 aliphatic rings. The van der Waals surface area contributed by atoms with Crippen molar-refractivity contribution in [1.82, 2.24) is 9.80 Å². The zero-order chi connectivity index (χ0) is 19.2. The third kappa shape index (κ3) is 5.31. The summed E-state index contributed by atoms with van der Waals surface area (Å²) in [4.78, 5) is 15.4. The number of ether oxygens (including phenoxy) is 1. The normalized spacial score (nSPS) is 19.8. The molecule has 0 aromatic heterocycles. The van der Waals surface area contributed by atoms with E-state index in [1.54, 1.807) is 0 Å². The zero-order valence-corrected chi connectivity index (χ0v) is 16.0. The molecule has 1 fully saturated rings. The van der Waals surface area contributed by atoms with E-state index in [2.05, 4.69) is 29.2 Å². The number of carbonyl (C=O) groups is 1. The second kappa shape index (κ2) is 9.02. The molecular formula is C22H28N2O3.